The van der Waals surface area contributed by atoms with Crippen molar-refractivity contribution in [3.8, 4) is 0 Å². The second kappa shape index (κ2) is 5.93. The summed E-state index contributed by atoms with van der Waals surface area (Å²) in [7, 11) is 0. The van der Waals surface area contributed by atoms with Crippen molar-refractivity contribution in [2.75, 3.05) is 18.0 Å². The molecule has 0 saturated carbocycles. The average Bonchev–Trinajstić information content (AvgIpc) is 2.48. The van der Waals surface area contributed by atoms with Crippen LogP contribution in [0.5, 0.6) is 0 Å². The SMILES string of the molecule is O=C1CCC(N2CCCCC2)C(=O)N1c1cccc(F)c1. The van der Waals surface area contributed by atoms with Crippen LogP contribution in [0, 0.1) is 5.82 Å². The van der Waals surface area contributed by atoms with Crippen molar-refractivity contribution in [1.29, 1.82) is 0 Å². The van der Waals surface area contributed by atoms with Crippen molar-refractivity contribution >= 4 is 17.5 Å². The van der Waals surface area contributed by atoms with Crippen molar-refractivity contribution < 1.29 is 14.0 Å². The number of hydrogen-bond acceptors (Lipinski definition) is 3. The number of carbonyl (C=O) groups is 2. The van der Waals surface area contributed by atoms with Gasteiger partial charge in [-0.1, -0.05) is 12.5 Å². The molecule has 1 aromatic rings. The Bertz CT molecular complexity index is 555. The molecular formula is C16H19FN2O2. The Morgan fingerprint density at radius 1 is 1.10 bits per heavy atom. The molecule has 1 atom stereocenters. The number of amides is 2. The summed E-state index contributed by atoms with van der Waals surface area (Å²) in [6, 6.07) is 5.44. The lowest BCUT2D eigenvalue weighted by atomic mass is 9.99. The molecule has 1 aromatic carbocycles. The highest BCUT2D eigenvalue weighted by molar-refractivity contribution is 6.18. The molecule has 4 nitrogen and oxygen atoms in total. The van der Waals surface area contributed by atoms with E-state index in [1.165, 1.54) is 24.6 Å². The fraction of sp³-hybridized carbons (Fsp3) is 0.500. The van der Waals surface area contributed by atoms with Gasteiger partial charge in [-0.05, 0) is 50.6 Å². The molecule has 5 heteroatoms. The van der Waals surface area contributed by atoms with Gasteiger partial charge in [-0.25, -0.2) is 9.29 Å². The van der Waals surface area contributed by atoms with Gasteiger partial charge in [0.05, 0.1) is 11.7 Å². The molecule has 21 heavy (non-hydrogen) atoms. The van der Waals surface area contributed by atoms with Gasteiger partial charge in [0.15, 0.2) is 0 Å². The minimum Gasteiger partial charge on any atom is -0.292 e. The van der Waals surface area contributed by atoms with Gasteiger partial charge in [-0.15, -0.1) is 0 Å². The standard InChI is InChI=1S/C16H19FN2O2/c17-12-5-4-6-13(11-12)19-15(20)8-7-14(16(19)21)18-9-2-1-3-10-18/h4-6,11,14H,1-3,7-10H2. The van der Waals surface area contributed by atoms with E-state index in [9.17, 15) is 14.0 Å². The van der Waals surface area contributed by atoms with Crippen LogP contribution in [0.1, 0.15) is 32.1 Å². The van der Waals surface area contributed by atoms with Crippen molar-refractivity contribution in [2.45, 2.75) is 38.1 Å². The lowest BCUT2D eigenvalue weighted by molar-refractivity contribution is -0.133. The maximum Gasteiger partial charge on any atom is 0.251 e. The van der Waals surface area contributed by atoms with Crippen LogP contribution in [0.25, 0.3) is 0 Å². The second-order valence-corrected chi connectivity index (χ2v) is 5.70. The van der Waals surface area contributed by atoms with Crippen LogP contribution < -0.4 is 4.90 Å². The topological polar surface area (TPSA) is 40.6 Å². The zero-order valence-corrected chi connectivity index (χ0v) is 11.9. The Balaban J connectivity index is 1.85. The molecule has 2 saturated heterocycles. The van der Waals surface area contributed by atoms with Gasteiger partial charge in [0.1, 0.15) is 5.82 Å². The number of hydrogen-bond donors (Lipinski definition) is 0. The fourth-order valence-corrected chi connectivity index (χ4v) is 3.22. The third-order valence-corrected chi connectivity index (χ3v) is 4.28. The summed E-state index contributed by atoms with van der Waals surface area (Å²) in [6.07, 6.45) is 4.30. The maximum atomic E-state index is 13.4. The summed E-state index contributed by atoms with van der Waals surface area (Å²) in [4.78, 5) is 28.1. The molecule has 112 valence electrons. The normalized spacial score (nSPS) is 24.4. The van der Waals surface area contributed by atoms with E-state index >= 15 is 0 Å². The molecule has 1 unspecified atom stereocenters. The van der Waals surface area contributed by atoms with E-state index in [1.807, 2.05) is 0 Å². The summed E-state index contributed by atoms with van der Waals surface area (Å²) < 4.78 is 13.4. The van der Waals surface area contributed by atoms with E-state index in [2.05, 4.69) is 4.90 Å². The van der Waals surface area contributed by atoms with Crippen LogP contribution >= 0.6 is 0 Å². The molecule has 0 aliphatic carbocycles. The predicted molar refractivity (Wildman–Crippen MR) is 77.3 cm³/mol. The largest absolute Gasteiger partial charge is 0.292 e. The number of nitrogens with zero attached hydrogens (tertiary/aromatic N) is 2. The van der Waals surface area contributed by atoms with Crippen molar-refractivity contribution in [1.82, 2.24) is 4.90 Å². The number of rotatable bonds is 2. The molecular weight excluding hydrogens is 271 g/mol. The van der Waals surface area contributed by atoms with Crippen LogP contribution in [0.2, 0.25) is 0 Å². The number of benzene rings is 1. The molecule has 0 spiro atoms. The summed E-state index contributed by atoms with van der Waals surface area (Å²) in [6.45, 7) is 1.81. The second-order valence-electron chi connectivity index (χ2n) is 5.70. The van der Waals surface area contributed by atoms with E-state index in [1.54, 1.807) is 6.07 Å². The lowest BCUT2D eigenvalue weighted by Crippen LogP contribution is -2.55. The highest BCUT2D eigenvalue weighted by Gasteiger charge is 2.38. The fourth-order valence-electron chi connectivity index (χ4n) is 3.22. The third-order valence-electron chi connectivity index (χ3n) is 4.28. The molecule has 2 heterocycles. The van der Waals surface area contributed by atoms with Crippen LogP contribution in [-0.4, -0.2) is 35.8 Å². The number of likely N-dealkylation sites (tertiary alicyclic amines) is 1. The Kier molecular flexibility index (Phi) is 4.01. The first kappa shape index (κ1) is 14.2. The molecule has 2 amide bonds. The van der Waals surface area contributed by atoms with Crippen LogP contribution in [0.4, 0.5) is 10.1 Å². The van der Waals surface area contributed by atoms with Gasteiger partial charge in [-0.3, -0.25) is 14.5 Å². The molecule has 3 rings (SSSR count). The summed E-state index contributed by atoms with van der Waals surface area (Å²) in [5.74, 6) is -0.884. The van der Waals surface area contributed by atoms with Crippen LogP contribution in [-0.2, 0) is 9.59 Å². The van der Waals surface area contributed by atoms with Crippen molar-refractivity contribution in [3.05, 3.63) is 30.1 Å². The highest BCUT2D eigenvalue weighted by Crippen LogP contribution is 2.26. The molecule has 0 radical (unpaired) electrons. The number of imide groups is 1. The van der Waals surface area contributed by atoms with Gasteiger partial charge >= 0.3 is 0 Å². The molecule has 2 aliphatic rings. The summed E-state index contributed by atoms with van der Waals surface area (Å²) in [5.41, 5.74) is 0.340. The van der Waals surface area contributed by atoms with E-state index in [0.717, 1.165) is 30.8 Å². The number of piperidine rings is 2. The monoisotopic (exact) mass is 290 g/mol. The van der Waals surface area contributed by atoms with Crippen molar-refractivity contribution in [3.63, 3.8) is 0 Å². The number of anilines is 1. The van der Waals surface area contributed by atoms with E-state index in [0.29, 0.717) is 18.5 Å². The first-order chi connectivity index (χ1) is 10.2. The van der Waals surface area contributed by atoms with Crippen LogP contribution in [0.15, 0.2) is 24.3 Å². The molecule has 0 aromatic heterocycles. The first-order valence-electron chi connectivity index (χ1n) is 7.53. The highest BCUT2D eigenvalue weighted by atomic mass is 19.1. The zero-order chi connectivity index (χ0) is 14.8. The predicted octanol–water partition coefficient (Wildman–Crippen LogP) is 2.33. The number of halogens is 1. The lowest BCUT2D eigenvalue weighted by Gasteiger charge is -2.39. The zero-order valence-electron chi connectivity index (χ0n) is 11.9. The first-order valence-corrected chi connectivity index (χ1v) is 7.53. The Labute approximate surface area is 123 Å². The molecule has 0 bridgehead atoms. The van der Waals surface area contributed by atoms with Gasteiger partial charge in [0.25, 0.3) is 5.91 Å². The van der Waals surface area contributed by atoms with Gasteiger partial charge < -0.3 is 0 Å². The summed E-state index contributed by atoms with van der Waals surface area (Å²) >= 11 is 0. The maximum absolute atomic E-state index is 13.4. The number of carbonyl (C=O) groups excluding carboxylic acids is 2. The van der Waals surface area contributed by atoms with E-state index in [-0.39, 0.29) is 17.9 Å². The average molecular weight is 290 g/mol. The molecule has 2 aliphatic heterocycles. The minimum absolute atomic E-state index is 0.209. The third kappa shape index (κ3) is 2.83. The van der Waals surface area contributed by atoms with E-state index in [4.69, 9.17) is 0 Å². The summed E-state index contributed by atoms with van der Waals surface area (Å²) in [5, 5.41) is 0. The Hall–Kier alpha value is -1.75. The smallest absolute Gasteiger partial charge is 0.251 e. The van der Waals surface area contributed by atoms with Crippen molar-refractivity contribution in [2.24, 2.45) is 0 Å². The molecule has 0 N–H and O–H groups in total. The quantitative estimate of drug-likeness (QED) is 0.785. The Morgan fingerprint density at radius 2 is 1.86 bits per heavy atom. The molecule has 2 fully saturated rings. The van der Waals surface area contributed by atoms with Gasteiger partial charge in [0, 0.05) is 6.42 Å². The van der Waals surface area contributed by atoms with Gasteiger partial charge in [-0.2, -0.15) is 0 Å². The Morgan fingerprint density at radius 3 is 2.57 bits per heavy atom. The van der Waals surface area contributed by atoms with Crippen LogP contribution in [0.3, 0.4) is 0 Å². The minimum atomic E-state index is -0.437. The van der Waals surface area contributed by atoms with Gasteiger partial charge in [0.2, 0.25) is 5.91 Å². The van der Waals surface area contributed by atoms with E-state index < -0.39 is 5.82 Å².